The van der Waals surface area contributed by atoms with E-state index in [2.05, 4.69) is 81.9 Å². The molecule has 0 aliphatic carbocycles. The molecule has 2 atom stereocenters. The Kier molecular flexibility index (Phi) is 3.59. The monoisotopic (exact) mass is 346 g/mol. The van der Waals surface area contributed by atoms with Crippen LogP contribution in [0.3, 0.4) is 0 Å². The highest BCUT2D eigenvalue weighted by Gasteiger charge is 2.54. The number of rotatable bonds is 4. The highest BCUT2D eigenvalue weighted by Crippen LogP contribution is 2.50. The van der Waals surface area contributed by atoms with Crippen molar-refractivity contribution in [1.29, 1.82) is 0 Å². The van der Waals surface area contributed by atoms with Gasteiger partial charge in [-0.1, -0.05) is 36.4 Å². The van der Waals surface area contributed by atoms with Gasteiger partial charge in [-0.15, -0.1) is 0 Å². The van der Waals surface area contributed by atoms with Crippen molar-refractivity contribution in [1.82, 2.24) is 14.8 Å². The van der Waals surface area contributed by atoms with Crippen LogP contribution < -0.4 is 10.6 Å². The first kappa shape index (κ1) is 15.9. The highest BCUT2D eigenvalue weighted by atomic mass is 15.4. The fourth-order valence-electron chi connectivity index (χ4n) is 5.04. The van der Waals surface area contributed by atoms with Gasteiger partial charge in [-0.2, -0.15) is 0 Å². The van der Waals surface area contributed by atoms with Crippen molar-refractivity contribution < 1.29 is 0 Å². The minimum atomic E-state index is -0.0388. The molecule has 5 rings (SSSR count). The van der Waals surface area contributed by atoms with E-state index in [0.717, 1.165) is 25.9 Å². The van der Waals surface area contributed by atoms with E-state index in [9.17, 15) is 0 Å². The van der Waals surface area contributed by atoms with Gasteiger partial charge in [0.25, 0.3) is 0 Å². The second-order valence-corrected chi connectivity index (χ2v) is 7.64. The SMILES string of the molecule is CNCCc1cn([C@@]23CCN(C)[C@@H]2Nc2ccccc23)c2ccccc12. The van der Waals surface area contributed by atoms with Crippen LogP contribution in [-0.2, 0) is 12.0 Å². The largest absolute Gasteiger partial charge is 0.367 e. The molecule has 1 saturated heterocycles. The molecule has 0 unspecified atom stereocenters. The average Bonchev–Trinajstić information content (AvgIpc) is 3.31. The number of nitrogens with one attached hydrogen (secondary N) is 2. The summed E-state index contributed by atoms with van der Waals surface area (Å²) >= 11 is 0. The number of nitrogens with zero attached hydrogens (tertiary/aromatic N) is 2. The summed E-state index contributed by atoms with van der Waals surface area (Å²) in [6.07, 6.45) is 4.89. The van der Waals surface area contributed by atoms with Crippen LogP contribution in [0.1, 0.15) is 17.5 Å². The normalized spacial score (nSPS) is 24.6. The minimum Gasteiger partial charge on any atom is -0.367 e. The fourth-order valence-corrected chi connectivity index (χ4v) is 5.04. The van der Waals surface area contributed by atoms with Crippen LogP contribution in [0.15, 0.2) is 54.7 Å². The Morgan fingerprint density at radius 1 is 1.15 bits per heavy atom. The predicted molar refractivity (Wildman–Crippen MR) is 108 cm³/mol. The number of likely N-dealkylation sites (N-methyl/N-ethyl adjacent to an activating group) is 2. The number of hydrogen-bond donors (Lipinski definition) is 2. The van der Waals surface area contributed by atoms with Gasteiger partial charge in [0.2, 0.25) is 0 Å². The van der Waals surface area contributed by atoms with E-state index < -0.39 is 0 Å². The molecule has 0 spiro atoms. The molecular weight excluding hydrogens is 320 g/mol. The molecule has 134 valence electrons. The lowest BCUT2D eigenvalue weighted by Crippen LogP contribution is -2.46. The molecule has 0 bridgehead atoms. The van der Waals surface area contributed by atoms with E-state index >= 15 is 0 Å². The number of hydrogen-bond acceptors (Lipinski definition) is 3. The van der Waals surface area contributed by atoms with Crippen LogP contribution >= 0.6 is 0 Å². The zero-order valence-electron chi connectivity index (χ0n) is 15.5. The number of anilines is 1. The van der Waals surface area contributed by atoms with Gasteiger partial charge in [-0.25, -0.2) is 0 Å². The van der Waals surface area contributed by atoms with Crippen molar-refractivity contribution >= 4 is 16.6 Å². The zero-order valence-corrected chi connectivity index (χ0v) is 15.5. The van der Waals surface area contributed by atoms with E-state index in [1.165, 1.54) is 27.7 Å². The number of para-hydroxylation sites is 2. The summed E-state index contributed by atoms with van der Waals surface area (Å²) in [6, 6.07) is 17.7. The number of likely N-dealkylation sites (tertiary alicyclic amines) is 1. The first-order valence-corrected chi connectivity index (χ1v) is 9.56. The van der Waals surface area contributed by atoms with Crippen LogP contribution in [0.5, 0.6) is 0 Å². The third-order valence-corrected chi connectivity index (χ3v) is 6.29. The van der Waals surface area contributed by atoms with Gasteiger partial charge < -0.3 is 15.2 Å². The summed E-state index contributed by atoms with van der Waals surface area (Å²) in [5, 5.41) is 8.48. The lowest BCUT2D eigenvalue weighted by atomic mass is 9.88. The molecule has 3 heterocycles. The molecule has 1 fully saturated rings. The Morgan fingerprint density at radius 2 is 1.96 bits per heavy atom. The van der Waals surface area contributed by atoms with E-state index in [1.807, 2.05) is 7.05 Å². The van der Waals surface area contributed by atoms with Gasteiger partial charge in [0.15, 0.2) is 0 Å². The maximum Gasteiger partial charge on any atom is 0.108 e. The van der Waals surface area contributed by atoms with Gasteiger partial charge in [0.05, 0.1) is 0 Å². The van der Waals surface area contributed by atoms with Crippen molar-refractivity contribution in [3.05, 3.63) is 65.9 Å². The lowest BCUT2D eigenvalue weighted by molar-refractivity contribution is 0.261. The topological polar surface area (TPSA) is 32.2 Å². The van der Waals surface area contributed by atoms with Crippen molar-refractivity contribution in [2.75, 3.05) is 32.5 Å². The average molecular weight is 346 g/mol. The third kappa shape index (κ3) is 2.03. The molecule has 26 heavy (non-hydrogen) atoms. The van der Waals surface area contributed by atoms with Crippen LogP contribution in [0.4, 0.5) is 5.69 Å². The van der Waals surface area contributed by atoms with Crippen molar-refractivity contribution in [2.24, 2.45) is 0 Å². The Balaban J connectivity index is 1.76. The summed E-state index contributed by atoms with van der Waals surface area (Å²) < 4.78 is 2.57. The Labute approximate surface area is 154 Å². The van der Waals surface area contributed by atoms with E-state index in [-0.39, 0.29) is 5.54 Å². The van der Waals surface area contributed by atoms with Crippen LogP contribution in [0, 0.1) is 0 Å². The van der Waals surface area contributed by atoms with Gasteiger partial charge in [-0.3, -0.25) is 4.90 Å². The van der Waals surface area contributed by atoms with Crippen LogP contribution in [-0.4, -0.2) is 42.8 Å². The first-order chi connectivity index (χ1) is 12.8. The maximum atomic E-state index is 3.80. The summed E-state index contributed by atoms with van der Waals surface area (Å²) in [4.78, 5) is 2.46. The van der Waals surface area contributed by atoms with E-state index in [4.69, 9.17) is 0 Å². The lowest BCUT2D eigenvalue weighted by Gasteiger charge is -2.34. The Morgan fingerprint density at radius 3 is 2.85 bits per heavy atom. The second-order valence-electron chi connectivity index (χ2n) is 7.64. The van der Waals surface area contributed by atoms with Gasteiger partial charge in [0.1, 0.15) is 11.7 Å². The van der Waals surface area contributed by atoms with Crippen molar-refractivity contribution in [2.45, 2.75) is 24.5 Å². The minimum absolute atomic E-state index is 0.0388. The number of benzene rings is 2. The molecule has 0 radical (unpaired) electrons. The van der Waals surface area contributed by atoms with Crippen LogP contribution in [0.25, 0.3) is 10.9 Å². The number of fused-ring (bicyclic) bond motifs is 4. The molecule has 2 aliphatic heterocycles. The molecule has 4 heteroatoms. The Bertz CT molecular complexity index is 960. The summed E-state index contributed by atoms with van der Waals surface area (Å²) in [5.74, 6) is 0. The fraction of sp³-hybridized carbons (Fsp3) is 0.364. The smallest absolute Gasteiger partial charge is 0.108 e. The van der Waals surface area contributed by atoms with Gasteiger partial charge in [-0.05, 0) is 51.2 Å². The molecule has 0 saturated carbocycles. The molecular formula is C22H26N4. The molecule has 2 aliphatic rings. The first-order valence-electron chi connectivity index (χ1n) is 9.56. The molecule has 2 aromatic carbocycles. The highest BCUT2D eigenvalue weighted by molar-refractivity contribution is 5.85. The van der Waals surface area contributed by atoms with E-state index in [0.29, 0.717) is 6.17 Å². The second kappa shape index (κ2) is 5.86. The quantitative estimate of drug-likeness (QED) is 0.761. The molecule has 2 N–H and O–H groups in total. The molecule has 4 nitrogen and oxygen atoms in total. The van der Waals surface area contributed by atoms with Crippen molar-refractivity contribution in [3.8, 4) is 0 Å². The van der Waals surface area contributed by atoms with Crippen molar-refractivity contribution in [3.63, 3.8) is 0 Å². The maximum absolute atomic E-state index is 3.80. The molecule has 3 aromatic rings. The molecule has 1 aromatic heterocycles. The summed E-state index contributed by atoms with van der Waals surface area (Å²) in [7, 11) is 4.26. The van der Waals surface area contributed by atoms with Gasteiger partial charge >= 0.3 is 0 Å². The number of aromatic nitrogens is 1. The predicted octanol–water partition coefficient (Wildman–Crippen LogP) is 3.23. The standard InChI is InChI=1S/C22H26N4/c1-23-13-11-16-15-26(20-10-6-3-7-17(16)20)22-12-14-25(2)21(22)24-19-9-5-4-8-18(19)22/h3-10,15,21,23-24H,11-14H2,1-2H3/t21-,22+/m0/s1. The zero-order chi connectivity index (χ0) is 17.7. The summed E-state index contributed by atoms with van der Waals surface area (Å²) in [6.45, 7) is 2.10. The van der Waals surface area contributed by atoms with Gasteiger partial charge in [0, 0.05) is 34.9 Å². The molecule has 0 amide bonds. The summed E-state index contributed by atoms with van der Waals surface area (Å²) in [5.41, 5.74) is 5.44. The van der Waals surface area contributed by atoms with E-state index in [1.54, 1.807) is 0 Å². The Hall–Kier alpha value is -2.30. The third-order valence-electron chi connectivity index (χ3n) is 6.29. The van der Waals surface area contributed by atoms with Crippen LogP contribution in [0.2, 0.25) is 0 Å².